The van der Waals surface area contributed by atoms with Crippen molar-refractivity contribution >= 4 is 0 Å². The predicted molar refractivity (Wildman–Crippen MR) is 54.0 cm³/mol. The minimum atomic E-state index is 0.870. The van der Waals surface area contributed by atoms with E-state index >= 15 is 0 Å². The minimum absolute atomic E-state index is 0.870. The lowest BCUT2D eigenvalue weighted by atomic mass is 9.99. The van der Waals surface area contributed by atoms with Gasteiger partial charge in [0.25, 0.3) is 0 Å². The Bertz CT molecular complexity index is 153. The molecule has 0 radical (unpaired) electrons. The van der Waals surface area contributed by atoms with E-state index < -0.39 is 0 Å². The maximum Gasteiger partial charge on any atom is 0.0887 e. The SMILES string of the molecule is C[N+](C)(C)C1CC/C=C\CCC1. The van der Waals surface area contributed by atoms with Crippen molar-refractivity contribution in [1.82, 2.24) is 0 Å². The second kappa shape index (κ2) is 4.08. The Labute approximate surface area is 76.7 Å². The van der Waals surface area contributed by atoms with Crippen LogP contribution >= 0.6 is 0 Å². The van der Waals surface area contributed by atoms with Crippen molar-refractivity contribution in [2.24, 2.45) is 0 Å². The first-order valence-corrected chi connectivity index (χ1v) is 5.07. The highest BCUT2D eigenvalue weighted by molar-refractivity contribution is 4.85. The summed E-state index contributed by atoms with van der Waals surface area (Å²) in [6.45, 7) is 0. The van der Waals surface area contributed by atoms with Gasteiger partial charge in [0.05, 0.1) is 27.2 Å². The Balaban J connectivity index is 2.48. The van der Waals surface area contributed by atoms with Gasteiger partial charge in [-0.15, -0.1) is 0 Å². The van der Waals surface area contributed by atoms with E-state index in [9.17, 15) is 0 Å². The van der Waals surface area contributed by atoms with Gasteiger partial charge in [-0.05, 0) is 25.7 Å². The van der Waals surface area contributed by atoms with Gasteiger partial charge in [0.2, 0.25) is 0 Å². The van der Waals surface area contributed by atoms with E-state index in [-0.39, 0.29) is 0 Å². The van der Waals surface area contributed by atoms with Crippen LogP contribution in [-0.4, -0.2) is 31.7 Å². The summed E-state index contributed by atoms with van der Waals surface area (Å²) >= 11 is 0. The van der Waals surface area contributed by atoms with Crippen molar-refractivity contribution in [3.8, 4) is 0 Å². The normalized spacial score (nSPS) is 29.1. The minimum Gasteiger partial charge on any atom is -0.328 e. The monoisotopic (exact) mass is 168 g/mol. The van der Waals surface area contributed by atoms with Crippen LogP contribution in [0.3, 0.4) is 0 Å². The third-order valence-electron chi connectivity index (χ3n) is 2.84. The highest BCUT2D eigenvalue weighted by Gasteiger charge is 2.22. The quantitative estimate of drug-likeness (QED) is 0.417. The van der Waals surface area contributed by atoms with Crippen LogP contribution in [0.4, 0.5) is 0 Å². The topological polar surface area (TPSA) is 0 Å². The van der Waals surface area contributed by atoms with Gasteiger partial charge in [-0.1, -0.05) is 12.2 Å². The van der Waals surface area contributed by atoms with Gasteiger partial charge in [0.1, 0.15) is 0 Å². The van der Waals surface area contributed by atoms with E-state index in [2.05, 4.69) is 33.3 Å². The summed E-state index contributed by atoms with van der Waals surface area (Å²) < 4.78 is 1.13. The molecule has 0 aromatic carbocycles. The summed E-state index contributed by atoms with van der Waals surface area (Å²) in [6.07, 6.45) is 11.4. The molecule has 12 heavy (non-hydrogen) atoms. The summed E-state index contributed by atoms with van der Waals surface area (Å²) in [7, 11) is 6.95. The molecule has 70 valence electrons. The lowest BCUT2D eigenvalue weighted by molar-refractivity contribution is -0.896. The summed E-state index contributed by atoms with van der Waals surface area (Å²) in [4.78, 5) is 0. The molecule has 1 atom stereocenters. The Morgan fingerprint density at radius 2 is 1.67 bits per heavy atom. The van der Waals surface area contributed by atoms with Gasteiger partial charge in [-0.25, -0.2) is 0 Å². The van der Waals surface area contributed by atoms with Crippen LogP contribution < -0.4 is 0 Å². The van der Waals surface area contributed by atoms with Crippen molar-refractivity contribution in [3.63, 3.8) is 0 Å². The van der Waals surface area contributed by atoms with E-state index in [0.29, 0.717) is 0 Å². The number of hydrogen-bond donors (Lipinski definition) is 0. The zero-order valence-corrected chi connectivity index (χ0v) is 8.71. The van der Waals surface area contributed by atoms with Crippen LogP contribution in [0.1, 0.15) is 32.1 Å². The molecule has 1 nitrogen and oxygen atoms in total. The number of hydrogen-bond acceptors (Lipinski definition) is 0. The van der Waals surface area contributed by atoms with Gasteiger partial charge >= 0.3 is 0 Å². The Morgan fingerprint density at radius 1 is 1.00 bits per heavy atom. The second-order valence-electron chi connectivity index (χ2n) is 4.75. The summed E-state index contributed by atoms with van der Waals surface area (Å²) in [5.74, 6) is 0. The van der Waals surface area contributed by atoms with E-state index in [1.54, 1.807) is 0 Å². The van der Waals surface area contributed by atoms with Crippen molar-refractivity contribution in [3.05, 3.63) is 12.2 Å². The van der Waals surface area contributed by atoms with Crippen molar-refractivity contribution in [2.75, 3.05) is 21.1 Å². The fourth-order valence-corrected chi connectivity index (χ4v) is 1.91. The molecule has 0 spiro atoms. The van der Waals surface area contributed by atoms with Gasteiger partial charge in [0.15, 0.2) is 0 Å². The highest BCUT2D eigenvalue weighted by atomic mass is 15.3. The van der Waals surface area contributed by atoms with E-state index in [1.807, 2.05) is 0 Å². The lowest BCUT2D eigenvalue weighted by Gasteiger charge is -2.34. The Morgan fingerprint density at radius 3 is 2.33 bits per heavy atom. The molecule has 1 aliphatic carbocycles. The smallest absolute Gasteiger partial charge is 0.0887 e. The molecule has 0 amide bonds. The van der Waals surface area contributed by atoms with Crippen LogP contribution in [0.25, 0.3) is 0 Å². The third-order valence-corrected chi connectivity index (χ3v) is 2.84. The van der Waals surface area contributed by atoms with E-state index in [1.165, 1.54) is 32.1 Å². The molecule has 1 aliphatic rings. The van der Waals surface area contributed by atoms with Crippen molar-refractivity contribution in [2.45, 2.75) is 38.1 Å². The molecule has 0 aromatic heterocycles. The van der Waals surface area contributed by atoms with Crippen LogP contribution in [-0.2, 0) is 0 Å². The zero-order valence-electron chi connectivity index (χ0n) is 8.71. The first kappa shape index (κ1) is 9.79. The molecule has 1 unspecified atom stereocenters. The molecule has 0 saturated heterocycles. The van der Waals surface area contributed by atoms with Gasteiger partial charge in [-0.3, -0.25) is 0 Å². The number of allylic oxidation sites excluding steroid dienone is 2. The predicted octanol–water partition coefficient (Wildman–Crippen LogP) is 2.58. The number of nitrogens with zero attached hydrogens (tertiary/aromatic N) is 1. The molecule has 0 bridgehead atoms. The largest absolute Gasteiger partial charge is 0.328 e. The summed E-state index contributed by atoms with van der Waals surface area (Å²) in [6, 6.07) is 0.870. The summed E-state index contributed by atoms with van der Waals surface area (Å²) in [5.41, 5.74) is 0. The van der Waals surface area contributed by atoms with Crippen molar-refractivity contribution < 1.29 is 4.48 Å². The maximum atomic E-state index is 2.35. The average molecular weight is 168 g/mol. The first-order chi connectivity index (χ1) is 5.61. The van der Waals surface area contributed by atoms with Crippen LogP contribution in [0.2, 0.25) is 0 Å². The fourth-order valence-electron chi connectivity index (χ4n) is 1.91. The molecule has 1 heteroatoms. The average Bonchev–Trinajstić information content (AvgIpc) is 1.81. The molecule has 0 N–H and O–H groups in total. The van der Waals surface area contributed by atoms with Crippen LogP contribution in [0.15, 0.2) is 12.2 Å². The standard InChI is InChI=1S/C11H22N/c1-12(2,3)11-9-7-5-4-6-8-10-11/h4-5,11H,6-10H2,1-3H3/q+1/b5-4-. The van der Waals surface area contributed by atoms with Gasteiger partial charge < -0.3 is 4.48 Å². The van der Waals surface area contributed by atoms with Crippen molar-refractivity contribution in [1.29, 1.82) is 0 Å². The molecular formula is C11H22N+. The molecule has 0 aromatic rings. The number of quaternary nitrogens is 1. The molecule has 0 heterocycles. The fraction of sp³-hybridized carbons (Fsp3) is 0.818. The van der Waals surface area contributed by atoms with Crippen LogP contribution in [0.5, 0.6) is 0 Å². The summed E-state index contributed by atoms with van der Waals surface area (Å²) in [5, 5.41) is 0. The van der Waals surface area contributed by atoms with Gasteiger partial charge in [-0.2, -0.15) is 0 Å². The molecule has 0 fully saturated rings. The second-order valence-corrected chi connectivity index (χ2v) is 4.75. The zero-order chi connectivity index (χ0) is 9.03. The highest BCUT2D eigenvalue weighted by Crippen LogP contribution is 2.19. The Hall–Kier alpha value is -0.300. The third kappa shape index (κ3) is 2.98. The van der Waals surface area contributed by atoms with E-state index in [0.717, 1.165) is 10.5 Å². The van der Waals surface area contributed by atoms with Crippen LogP contribution in [0, 0.1) is 0 Å². The number of rotatable bonds is 1. The first-order valence-electron chi connectivity index (χ1n) is 5.07. The molecular weight excluding hydrogens is 146 g/mol. The van der Waals surface area contributed by atoms with Gasteiger partial charge in [0, 0.05) is 6.42 Å². The molecule has 0 saturated carbocycles. The lowest BCUT2D eigenvalue weighted by Crippen LogP contribution is -2.45. The maximum absolute atomic E-state index is 2.35. The Kier molecular flexibility index (Phi) is 3.33. The van der Waals surface area contributed by atoms with E-state index in [4.69, 9.17) is 0 Å². The molecule has 1 rings (SSSR count). The molecule has 0 aliphatic heterocycles.